The van der Waals surface area contributed by atoms with Crippen LogP contribution in [0, 0.1) is 0 Å². The Morgan fingerprint density at radius 2 is 2.13 bits per heavy atom. The number of likely N-dealkylation sites (tertiary alicyclic amines) is 1. The number of aliphatic hydroxyl groups excluding tert-OH is 1. The number of urea groups is 1. The van der Waals surface area contributed by atoms with Crippen LogP contribution in [0.5, 0.6) is 5.75 Å². The second-order valence-corrected chi connectivity index (χ2v) is 5.87. The molecule has 2 N–H and O–H groups in total. The molecule has 1 aromatic rings. The first-order valence-corrected chi connectivity index (χ1v) is 8.07. The molecule has 1 aliphatic heterocycles. The molecule has 0 radical (unpaired) electrons. The molecule has 2 amide bonds. The average Bonchev–Trinajstić information content (AvgIpc) is 2.96. The van der Waals surface area contributed by atoms with Gasteiger partial charge in [-0.05, 0) is 50.5 Å². The van der Waals surface area contributed by atoms with E-state index in [1.807, 2.05) is 29.2 Å². The van der Waals surface area contributed by atoms with Crippen LogP contribution in [0.15, 0.2) is 24.3 Å². The third-order valence-electron chi connectivity index (χ3n) is 3.91. The summed E-state index contributed by atoms with van der Waals surface area (Å²) < 4.78 is 10.4. The van der Waals surface area contributed by atoms with Gasteiger partial charge in [0.2, 0.25) is 0 Å². The number of hydrogen-bond acceptors (Lipinski definition) is 4. The van der Waals surface area contributed by atoms with Crippen molar-refractivity contribution in [2.24, 2.45) is 0 Å². The molecule has 0 bridgehead atoms. The molecule has 6 nitrogen and oxygen atoms in total. The van der Waals surface area contributed by atoms with Crippen LogP contribution in [-0.2, 0) is 4.74 Å². The lowest BCUT2D eigenvalue weighted by Gasteiger charge is -2.26. The zero-order chi connectivity index (χ0) is 16.7. The van der Waals surface area contributed by atoms with Crippen LogP contribution in [0.3, 0.4) is 0 Å². The van der Waals surface area contributed by atoms with E-state index < -0.39 is 6.10 Å². The number of benzene rings is 1. The predicted molar refractivity (Wildman–Crippen MR) is 88.9 cm³/mol. The van der Waals surface area contributed by atoms with Gasteiger partial charge in [-0.2, -0.15) is 0 Å². The zero-order valence-corrected chi connectivity index (χ0v) is 13.8. The number of hydrogen-bond donors (Lipinski definition) is 2. The number of methoxy groups -OCH3 is 1. The molecular formula is C17H26N2O4. The summed E-state index contributed by atoms with van der Waals surface area (Å²) in [6, 6.07) is 7.29. The molecule has 23 heavy (non-hydrogen) atoms. The minimum atomic E-state index is -0.392. The maximum atomic E-state index is 12.4. The van der Waals surface area contributed by atoms with E-state index in [1.165, 1.54) is 0 Å². The maximum absolute atomic E-state index is 12.4. The van der Waals surface area contributed by atoms with Crippen molar-refractivity contribution < 1.29 is 19.4 Å². The number of amides is 2. The molecular weight excluding hydrogens is 296 g/mol. The molecule has 0 saturated carbocycles. The van der Waals surface area contributed by atoms with Gasteiger partial charge >= 0.3 is 6.03 Å². The van der Waals surface area contributed by atoms with Crippen LogP contribution in [-0.4, -0.2) is 55.1 Å². The summed E-state index contributed by atoms with van der Waals surface area (Å²) in [7, 11) is 1.63. The van der Waals surface area contributed by atoms with Crippen molar-refractivity contribution in [2.45, 2.75) is 38.3 Å². The van der Waals surface area contributed by atoms with Gasteiger partial charge in [0, 0.05) is 25.4 Å². The number of aliphatic hydroxyl groups is 1. The van der Waals surface area contributed by atoms with E-state index in [1.54, 1.807) is 14.0 Å². The lowest BCUT2D eigenvalue weighted by molar-refractivity contribution is 0.142. The van der Waals surface area contributed by atoms with Gasteiger partial charge in [0.05, 0.1) is 12.7 Å². The Morgan fingerprint density at radius 3 is 2.78 bits per heavy atom. The number of nitrogens with one attached hydrogen (secondary N) is 1. The highest BCUT2D eigenvalue weighted by molar-refractivity contribution is 5.89. The van der Waals surface area contributed by atoms with Gasteiger partial charge in [-0.3, -0.25) is 0 Å². The normalized spacial score (nSPS) is 18.7. The Hall–Kier alpha value is -1.79. The standard InChI is InChI=1S/C17H26N2O4/c1-13(20)12-15-4-3-9-19(15)17(21)18-14-5-7-16(8-6-14)23-11-10-22-2/h5-8,13,15,20H,3-4,9-12H2,1-2H3,(H,18,21)/t13-,15+/m0/s1. The number of carbonyl (C=O) groups is 1. The molecule has 0 aliphatic carbocycles. The summed E-state index contributed by atoms with van der Waals surface area (Å²) in [4.78, 5) is 14.2. The average molecular weight is 322 g/mol. The largest absolute Gasteiger partial charge is 0.491 e. The maximum Gasteiger partial charge on any atom is 0.322 e. The monoisotopic (exact) mass is 322 g/mol. The second-order valence-electron chi connectivity index (χ2n) is 5.87. The molecule has 1 saturated heterocycles. The molecule has 0 spiro atoms. The van der Waals surface area contributed by atoms with Crippen LogP contribution in [0.25, 0.3) is 0 Å². The topological polar surface area (TPSA) is 71.0 Å². The SMILES string of the molecule is COCCOc1ccc(NC(=O)N2CCC[C@@H]2C[C@H](C)O)cc1. The van der Waals surface area contributed by atoms with Crippen LogP contribution < -0.4 is 10.1 Å². The summed E-state index contributed by atoms with van der Waals surface area (Å²) in [6.07, 6.45) is 2.17. The van der Waals surface area contributed by atoms with E-state index in [0.29, 0.717) is 19.6 Å². The fourth-order valence-corrected chi connectivity index (χ4v) is 2.81. The quantitative estimate of drug-likeness (QED) is 0.757. The molecule has 1 aliphatic rings. The van der Waals surface area contributed by atoms with E-state index in [9.17, 15) is 9.90 Å². The van der Waals surface area contributed by atoms with Gasteiger partial charge in [0.25, 0.3) is 0 Å². The van der Waals surface area contributed by atoms with Crippen molar-refractivity contribution in [2.75, 3.05) is 32.2 Å². The Bertz CT molecular complexity index is 490. The molecule has 6 heteroatoms. The molecule has 2 atom stereocenters. The number of ether oxygens (including phenoxy) is 2. The van der Waals surface area contributed by atoms with Gasteiger partial charge in [-0.15, -0.1) is 0 Å². The summed E-state index contributed by atoms with van der Waals surface area (Å²) in [5.74, 6) is 0.744. The van der Waals surface area contributed by atoms with E-state index in [2.05, 4.69) is 5.32 Å². The van der Waals surface area contributed by atoms with Crippen molar-refractivity contribution in [1.29, 1.82) is 0 Å². The van der Waals surface area contributed by atoms with E-state index in [4.69, 9.17) is 9.47 Å². The zero-order valence-electron chi connectivity index (χ0n) is 13.8. The van der Waals surface area contributed by atoms with Gasteiger partial charge in [0.1, 0.15) is 12.4 Å². The highest BCUT2D eigenvalue weighted by atomic mass is 16.5. The molecule has 128 valence electrons. The van der Waals surface area contributed by atoms with Crippen molar-refractivity contribution in [3.8, 4) is 5.75 Å². The van der Waals surface area contributed by atoms with Crippen LogP contribution in [0.4, 0.5) is 10.5 Å². The van der Waals surface area contributed by atoms with Gasteiger partial charge < -0.3 is 24.8 Å². The summed E-state index contributed by atoms with van der Waals surface area (Å²) >= 11 is 0. The van der Waals surface area contributed by atoms with Crippen molar-refractivity contribution in [3.05, 3.63) is 24.3 Å². The first-order chi connectivity index (χ1) is 11.1. The third-order valence-corrected chi connectivity index (χ3v) is 3.91. The Morgan fingerprint density at radius 1 is 1.39 bits per heavy atom. The minimum Gasteiger partial charge on any atom is -0.491 e. The second kappa shape index (κ2) is 8.74. The number of carbonyl (C=O) groups excluding carboxylic acids is 1. The number of anilines is 1. The smallest absolute Gasteiger partial charge is 0.322 e. The fourth-order valence-electron chi connectivity index (χ4n) is 2.81. The first-order valence-electron chi connectivity index (χ1n) is 8.07. The summed E-state index contributed by atoms with van der Waals surface area (Å²) in [5.41, 5.74) is 0.733. The first kappa shape index (κ1) is 17.6. The van der Waals surface area contributed by atoms with E-state index >= 15 is 0 Å². The summed E-state index contributed by atoms with van der Waals surface area (Å²) in [6.45, 7) is 3.53. The fraction of sp³-hybridized carbons (Fsp3) is 0.588. The Kier molecular flexibility index (Phi) is 6.67. The number of rotatable bonds is 7. The highest BCUT2D eigenvalue weighted by Gasteiger charge is 2.29. The van der Waals surface area contributed by atoms with Gasteiger partial charge in [-0.1, -0.05) is 0 Å². The van der Waals surface area contributed by atoms with Crippen LogP contribution in [0.2, 0.25) is 0 Å². The van der Waals surface area contributed by atoms with Gasteiger partial charge in [0.15, 0.2) is 0 Å². The molecule has 2 rings (SSSR count). The predicted octanol–water partition coefficient (Wildman–Crippen LogP) is 2.48. The van der Waals surface area contributed by atoms with Crippen LogP contribution >= 0.6 is 0 Å². The lowest BCUT2D eigenvalue weighted by atomic mass is 10.1. The van der Waals surface area contributed by atoms with Crippen molar-refractivity contribution in [1.82, 2.24) is 4.90 Å². The molecule has 1 fully saturated rings. The lowest BCUT2D eigenvalue weighted by Crippen LogP contribution is -2.40. The Labute approximate surface area is 137 Å². The summed E-state index contributed by atoms with van der Waals surface area (Å²) in [5, 5.41) is 12.4. The van der Waals surface area contributed by atoms with E-state index in [0.717, 1.165) is 30.8 Å². The minimum absolute atomic E-state index is 0.110. The highest BCUT2D eigenvalue weighted by Crippen LogP contribution is 2.23. The van der Waals surface area contributed by atoms with Crippen LogP contribution in [0.1, 0.15) is 26.2 Å². The molecule has 1 heterocycles. The number of nitrogens with zero attached hydrogens (tertiary/aromatic N) is 1. The van der Waals surface area contributed by atoms with Crippen molar-refractivity contribution in [3.63, 3.8) is 0 Å². The van der Waals surface area contributed by atoms with Crippen molar-refractivity contribution >= 4 is 11.7 Å². The van der Waals surface area contributed by atoms with E-state index in [-0.39, 0.29) is 12.1 Å². The van der Waals surface area contributed by atoms with Gasteiger partial charge in [-0.25, -0.2) is 4.79 Å². The third kappa shape index (κ3) is 5.41. The molecule has 0 unspecified atom stereocenters. The molecule has 1 aromatic carbocycles. The Balaban J connectivity index is 1.87. The molecule has 0 aromatic heterocycles.